The van der Waals surface area contributed by atoms with Crippen LogP contribution in [0.1, 0.15) is 27.7 Å². The molecule has 7 heteroatoms. The van der Waals surface area contributed by atoms with Gasteiger partial charge in [0, 0.05) is 14.1 Å². The molecule has 7 nitrogen and oxygen atoms in total. The van der Waals surface area contributed by atoms with Gasteiger partial charge in [0.1, 0.15) is 11.6 Å². The molecule has 0 heterocycles. The molecule has 0 unspecified atom stereocenters. The van der Waals surface area contributed by atoms with E-state index in [-0.39, 0.29) is 18.4 Å². The molecule has 3 amide bonds. The van der Waals surface area contributed by atoms with Gasteiger partial charge in [-0.3, -0.25) is 9.59 Å². The number of alkyl carbamates (subject to hydrolysis) is 1. The summed E-state index contributed by atoms with van der Waals surface area (Å²) in [5.41, 5.74) is -0.624. The molecule has 0 aromatic carbocycles. The molecule has 0 aromatic rings. The van der Waals surface area contributed by atoms with Crippen molar-refractivity contribution < 1.29 is 19.1 Å². The van der Waals surface area contributed by atoms with Gasteiger partial charge in [0.05, 0.1) is 6.54 Å². The third-order valence-corrected chi connectivity index (χ3v) is 2.14. The van der Waals surface area contributed by atoms with Crippen molar-refractivity contribution in [3.8, 4) is 0 Å². The molecule has 0 aromatic heterocycles. The smallest absolute Gasteiger partial charge is 0.408 e. The molecule has 0 saturated carbocycles. The van der Waals surface area contributed by atoms with Crippen molar-refractivity contribution >= 4 is 17.9 Å². The average Bonchev–Trinajstić information content (AvgIpc) is 2.24. The summed E-state index contributed by atoms with van der Waals surface area (Å²) in [6, 6.07) is -0.760. The highest BCUT2D eigenvalue weighted by Gasteiger charge is 2.23. The van der Waals surface area contributed by atoms with Gasteiger partial charge in [0.25, 0.3) is 0 Å². The summed E-state index contributed by atoms with van der Waals surface area (Å²) in [6.45, 7) is 6.67. The summed E-state index contributed by atoms with van der Waals surface area (Å²) in [5, 5.41) is 4.84. The first-order valence-corrected chi connectivity index (χ1v) is 6.02. The standard InChI is InChI=1S/C12H23N3O4/c1-8(14-11(18)19-12(2,3)4)10(17)15(6)7-9(16)13-5/h8H,7H2,1-6H3,(H,13,16)(H,14,18)/t8-/m0/s1. The number of nitrogens with zero attached hydrogens (tertiary/aromatic N) is 1. The van der Waals surface area contributed by atoms with Gasteiger partial charge in [-0.15, -0.1) is 0 Å². The highest BCUT2D eigenvalue weighted by Crippen LogP contribution is 2.06. The molecule has 19 heavy (non-hydrogen) atoms. The van der Waals surface area contributed by atoms with Crippen molar-refractivity contribution in [3.63, 3.8) is 0 Å². The molecule has 110 valence electrons. The SMILES string of the molecule is CNC(=O)CN(C)C(=O)[C@H](C)NC(=O)OC(C)(C)C. The van der Waals surface area contributed by atoms with Crippen molar-refractivity contribution in [2.45, 2.75) is 39.3 Å². The zero-order valence-corrected chi connectivity index (χ0v) is 12.4. The van der Waals surface area contributed by atoms with Crippen LogP contribution < -0.4 is 10.6 Å². The fraction of sp³-hybridized carbons (Fsp3) is 0.750. The van der Waals surface area contributed by atoms with Gasteiger partial charge < -0.3 is 20.3 Å². The van der Waals surface area contributed by atoms with E-state index < -0.39 is 17.7 Å². The fourth-order valence-corrected chi connectivity index (χ4v) is 1.25. The number of carbonyl (C=O) groups is 3. The first kappa shape index (κ1) is 17.2. The molecule has 2 N–H and O–H groups in total. The lowest BCUT2D eigenvalue weighted by atomic mass is 10.2. The molecule has 0 fully saturated rings. The van der Waals surface area contributed by atoms with Crippen LogP contribution in [0.3, 0.4) is 0 Å². The molecule has 0 spiro atoms. The molecule has 0 radical (unpaired) electrons. The maximum atomic E-state index is 11.9. The lowest BCUT2D eigenvalue weighted by molar-refractivity contribution is -0.135. The fourth-order valence-electron chi connectivity index (χ4n) is 1.25. The lowest BCUT2D eigenvalue weighted by Gasteiger charge is -2.24. The Kier molecular flexibility index (Phi) is 6.31. The molecule has 0 aliphatic heterocycles. The Morgan fingerprint density at radius 3 is 2.21 bits per heavy atom. The van der Waals surface area contributed by atoms with E-state index in [0.717, 1.165) is 0 Å². The van der Waals surface area contributed by atoms with Crippen molar-refractivity contribution in [3.05, 3.63) is 0 Å². The number of hydrogen-bond acceptors (Lipinski definition) is 4. The second-order valence-electron chi connectivity index (χ2n) is 5.24. The zero-order chi connectivity index (χ0) is 15.2. The predicted molar refractivity (Wildman–Crippen MR) is 70.5 cm³/mol. The minimum atomic E-state index is -0.760. The molecule has 0 aliphatic rings. The largest absolute Gasteiger partial charge is 0.444 e. The average molecular weight is 273 g/mol. The molecule has 0 rings (SSSR count). The second-order valence-corrected chi connectivity index (χ2v) is 5.24. The summed E-state index contributed by atoms with van der Waals surface area (Å²) in [6.07, 6.45) is -0.665. The molecular weight excluding hydrogens is 250 g/mol. The van der Waals surface area contributed by atoms with Crippen LogP contribution in [-0.4, -0.2) is 55.1 Å². The third-order valence-electron chi connectivity index (χ3n) is 2.14. The topological polar surface area (TPSA) is 87.7 Å². The summed E-state index contributed by atoms with van der Waals surface area (Å²) >= 11 is 0. The van der Waals surface area contributed by atoms with Gasteiger partial charge >= 0.3 is 6.09 Å². The second kappa shape index (κ2) is 6.96. The van der Waals surface area contributed by atoms with Gasteiger partial charge in [-0.05, 0) is 27.7 Å². The maximum absolute atomic E-state index is 11.9. The summed E-state index contributed by atoms with van der Waals surface area (Å²) < 4.78 is 5.04. The molecule has 0 aliphatic carbocycles. The lowest BCUT2D eigenvalue weighted by Crippen LogP contribution is -2.49. The Hall–Kier alpha value is -1.79. The van der Waals surface area contributed by atoms with E-state index in [1.165, 1.54) is 25.9 Å². The van der Waals surface area contributed by atoms with Gasteiger partial charge in [-0.25, -0.2) is 4.79 Å². The number of ether oxygens (including phenoxy) is 1. The third kappa shape index (κ3) is 7.28. The molecule has 0 bridgehead atoms. The Bertz CT molecular complexity index is 349. The number of rotatable bonds is 4. The monoisotopic (exact) mass is 273 g/mol. The van der Waals surface area contributed by atoms with Crippen molar-refractivity contribution in [2.24, 2.45) is 0 Å². The van der Waals surface area contributed by atoms with Crippen LogP contribution in [0.5, 0.6) is 0 Å². The minimum absolute atomic E-state index is 0.0598. The number of likely N-dealkylation sites (N-methyl/N-ethyl adjacent to an activating group) is 2. The summed E-state index contributed by atoms with van der Waals surface area (Å²) in [5.74, 6) is -0.644. The zero-order valence-electron chi connectivity index (χ0n) is 12.4. The number of carbonyl (C=O) groups excluding carboxylic acids is 3. The van der Waals surface area contributed by atoms with E-state index in [0.29, 0.717) is 0 Å². The van der Waals surface area contributed by atoms with Crippen LogP contribution in [-0.2, 0) is 14.3 Å². The summed E-state index contributed by atoms with van der Waals surface area (Å²) in [4.78, 5) is 35.7. The van der Waals surface area contributed by atoms with Crippen molar-refractivity contribution in [1.29, 1.82) is 0 Å². The van der Waals surface area contributed by atoms with Crippen LogP contribution in [0.15, 0.2) is 0 Å². The molecule has 0 saturated heterocycles. The van der Waals surface area contributed by atoms with Crippen molar-refractivity contribution in [2.75, 3.05) is 20.6 Å². The first-order valence-electron chi connectivity index (χ1n) is 6.02. The Balaban J connectivity index is 4.34. The predicted octanol–water partition coefficient (Wildman–Crippen LogP) is 0.104. The van der Waals surface area contributed by atoms with E-state index in [9.17, 15) is 14.4 Å². The Labute approximate surface area is 113 Å². The van der Waals surface area contributed by atoms with Crippen LogP contribution >= 0.6 is 0 Å². The normalized spacial score (nSPS) is 12.3. The molecular formula is C12H23N3O4. The van der Waals surface area contributed by atoms with Gasteiger partial charge in [-0.2, -0.15) is 0 Å². The quantitative estimate of drug-likeness (QED) is 0.760. The van der Waals surface area contributed by atoms with E-state index in [2.05, 4.69) is 10.6 Å². The summed E-state index contributed by atoms with van der Waals surface area (Å²) in [7, 11) is 2.98. The van der Waals surface area contributed by atoms with Crippen LogP contribution in [0, 0.1) is 0 Å². The number of hydrogen-bond donors (Lipinski definition) is 2. The van der Waals surface area contributed by atoms with Crippen LogP contribution in [0.25, 0.3) is 0 Å². The van der Waals surface area contributed by atoms with Gasteiger partial charge in [0.2, 0.25) is 11.8 Å². The number of amides is 3. The minimum Gasteiger partial charge on any atom is -0.444 e. The Morgan fingerprint density at radius 2 is 1.79 bits per heavy atom. The highest BCUT2D eigenvalue weighted by molar-refractivity contribution is 5.89. The van der Waals surface area contributed by atoms with E-state index in [1.54, 1.807) is 20.8 Å². The van der Waals surface area contributed by atoms with Gasteiger partial charge in [0.15, 0.2) is 0 Å². The molecule has 1 atom stereocenters. The Morgan fingerprint density at radius 1 is 1.26 bits per heavy atom. The first-order chi connectivity index (χ1) is 8.56. The van der Waals surface area contributed by atoms with E-state index in [1.807, 2.05) is 0 Å². The number of nitrogens with one attached hydrogen (secondary N) is 2. The van der Waals surface area contributed by atoms with Crippen molar-refractivity contribution in [1.82, 2.24) is 15.5 Å². The van der Waals surface area contributed by atoms with Crippen LogP contribution in [0.4, 0.5) is 4.79 Å². The highest BCUT2D eigenvalue weighted by atomic mass is 16.6. The van der Waals surface area contributed by atoms with Gasteiger partial charge in [-0.1, -0.05) is 0 Å². The van der Waals surface area contributed by atoms with Crippen LogP contribution in [0.2, 0.25) is 0 Å². The van der Waals surface area contributed by atoms with E-state index >= 15 is 0 Å². The van der Waals surface area contributed by atoms with E-state index in [4.69, 9.17) is 4.74 Å². The maximum Gasteiger partial charge on any atom is 0.408 e.